The summed E-state index contributed by atoms with van der Waals surface area (Å²) in [6, 6.07) is 6.27. The van der Waals surface area contributed by atoms with Gasteiger partial charge in [0.1, 0.15) is 0 Å². The van der Waals surface area contributed by atoms with Crippen molar-refractivity contribution in [1.29, 1.82) is 0 Å². The van der Waals surface area contributed by atoms with Gasteiger partial charge in [-0.05, 0) is 55.0 Å². The van der Waals surface area contributed by atoms with E-state index in [1.807, 2.05) is 12.1 Å². The summed E-state index contributed by atoms with van der Waals surface area (Å²) in [4.78, 5) is 1.23. The molecule has 114 valence electrons. The molecule has 0 amide bonds. The molecule has 2 aromatic rings. The molecule has 1 atom stereocenters. The van der Waals surface area contributed by atoms with Crippen LogP contribution in [0.15, 0.2) is 22.7 Å². The fourth-order valence-corrected chi connectivity index (χ4v) is 3.77. The van der Waals surface area contributed by atoms with Crippen molar-refractivity contribution in [3.05, 3.63) is 43.8 Å². The lowest BCUT2D eigenvalue weighted by Crippen LogP contribution is -2.24. The van der Waals surface area contributed by atoms with Gasteiger partial charge < -0.3 is 5.32 Å². The van der Waals surface area contributed by atoms with Gasteiger partial charge in [-0.1, -0.05) is 51.9 Å². The first-order chi connectivity index (χ1) is 10.2. The van der Waals surface area contributed by atoms with E-state index < -0.39 is 0 Å². The van der Waals surface area contributed by atoms with E-state index in [1.165, 1.54) is 16.4 Å². The number of nitrogens with one attached hydrogen (secondary N) is 1. The molecule has 3 nitrogen and oxygen atoms in total. The minimum atomic E-state index is 0.221. The van der Waals surface area contributed by atoms with E-state index in [4.69, 9.17) is 11.6 Å². The van der Waals surface area contributed by atoms with Crippen LogP contribution in [-0.4, -0.2) is 16.1 Å². The van der Waals surface area contributed by atoms with Gasteiger partial charge in [0.05, 0.1) is 10.6 Å². The zero-order chi connectivity index (χ0) is 15.2. The summed E-state index contributed by atoms with van der Waals surface area (Å²) in [5, 5.41) is 8.62. The molecule has 0 saturated carbocycles. The van der Waals surface area contributed by atoms with Crippen LogP contribution in [0.5, 0.6) is 0 Å². The van der Waals surface area contributed by atoms with Crippen molar-refractivity contribution >= 4 is 39.1 Å². The molecule has 1 N–H and O–H groups in total. The summed E-state index contributed by atoms with van der Waals surface area (Å²) in [5.41, 5.74) is 2.23. The zero-order valence-corrected chi connectivity index (χ0v) is 15.4. The third kappa shape index (κ3) is 4.49. The minimum absolute atomic E-state index is 0.221. The van der Waals surface area contributed by atoms with Gasteiger partial charge in [0.2, 0.25) is 0 Å². The molecule has 1 heterocycles. The average molecular weight is 389 g/mol. The lowest BCUT2D eigenvalue weighted by molar-refractivity contribution is 0.532. The molecule has 6 heteroatoms. The Balaban J connectivity index is 2.24. The number of halogens is 2. The predicted molar refractivity (Wildman–Crippen MR) is 93.2 cm³/mol. The predicted octanol–water partition coefficient (Wildman–Crippen LogP) is 4.80. The monoisotopic (exact) mass is 387 g/mol. The smallest absolute Gasteiger partial charge is 0.0801 e. The lowest BCUT2D eigenvalue weighted by Gasteiger charge is -2.18. The number of hydrogen-bond acceptors (Lipinski definition) is 4. The fraction of sp³-hybridized carbons (Fsp3) is 0.467. The van der Waals surface area contributed by atoms with Crippen LogP contribution in [0.2, 0.25) is 5.02 Å². The van der Waals surface area contributed by atoms with Crippen molar-refractivity contribution in [3.8, 4) is 0 Å². The van der Waals surface area contributed by atoms with Crippen molar-refractivity contribution in [3.63, 3.8) is 0 Å². The molecule has 0 saturated heterocycles. The van der Waals surface area contributed by atoms with Gasteiger partial charge in [0.15, 0.2) is 0 Å². The van der Waals surface area contributed by atoms with Crippen molar-refractivity contribution in [2.24, 2.45) is 0 Å². The molecule has 1 unspecified atom stereocenters. The van der Waals surface area contributed by atoms with E-state index in [9.17, 15) is 0 Å². The second kappa shape index (κ2) is 8.22. The van der Waals surface area contributed by atoms with E-state index >= 15 is 0 Å². The largest absolute Gasteiger partial charge is 0.309 e. The second-order valence-electron chi connectivity index (χ2n) is 4.88. The Morgan fingerprint density at radius 2 is 2.19 bits per heavy atom. The number of aromatic nitrogens is 2. The summed E-state index contributed by atoms with van der Waals surface area (Å²) in [6.45, 7) is 5.26. The maximum Gasteiger partial charge on any atom is 0.0801 e. The standard InChI is InChI=1S/C15H19BrClN3S/c1-3-7-18-14(15-13(4-2)19-20-21-15)8-10-5-6-11(16)9-12(10)17/h5-6,9,14,18H,3-4,7-8H2,1-2H3. The van der Waals surface area contributed by atoms with Crippen LogP contribution >= 0.6 is 39.1 Å². The maximum absolute atomic E-state index is 6.36. The summed E-state index contributed by atoms with van der Waals surface area (Å²) in [6.07, 6.45) is 2.85. The summed E-state index contributed by atoms with van der Waals surface area (Å²) in [5.74, 6) is 0. The quantitative estimate of drug-likeness (QED) is 0.740. The highest BCUT2D eigenvalue weighted by molar-refractivity contribution is 9.10. The zero-order valence-electron chi connectivity index (χ0n) is 12.2. The lowest BCUT2D eigenvalue weighted by atomic mass is 10.0. The van der Waals surface area contributed by atoms with E-state index in [0.29, 0.717) is 0 Å². The molecule has 0 aliphatic rings. The van der Waals surface area contributed by atoms with Gasteiger partial charge in [-0.2, -0.15) is 0 Å². The number of aryl methyl sites for hydroxylation is 1. The Hall–Kier alpha value is -0.490. The molecule has 1 aromatic carbocycles. The molecule has 21 heavy (non-hydrogen) atoms. The third-order valence-corrected chi connectivity index (χ3v) is 5.04. The highest BCUT2D eigenvalue weighted by Crippen LogP contribution is 2.29. The molecule has 0 aliphatic heterocycles. The molecular weight excluding hydrogens is 370 g/mol. The van der Waals surface area contributed by atoms with Crippen LogP contribution in [-0.2, 0) is 12.8 Å². The van der Waals surface area contributed by atoms with E-state index in [0.717, 1.165) is 46.6 Å². The average Bonchev–Trinajstić information content (AvgIpc) is 2.94. The first kappa shape index (κ1) is 16.9. The normalized spacial score (nSPS) is 12.6. The van der Waals surface area contributed by atoms with Crippen molar-refractivity contribution in [1.82, 2.24) is 14.9 Å². The highest BCUT2D eigenvalue weighted by Gasteiger charge is 2.19. The minimum Gasteiger partial charge on any atom is -0.309 e. The SMILES string of the molecule is CCCNC(Cc1ccc(Br)cc1Cl)c1snnc1CC. The van der Waals surface area contributed by atoms with Gasteiger partial charge in [0, 0.05) is 15.5 Å². The molecule has 0 aliphatic carbocycles. The van der Waals surface area contributed by atoms with Crippen LogP contribution < -0.4 is 5.32 Å². The van der Waals surface area contributed by atoms with Gasteiger partial charge in [-0.15, -0.1) is 5.10 Å². The second-order valence-corrected chi connectivity index (χ2v) is 6.99. The number of rotatable bonds is 7. The Morgan fingerprint density at radius 3 is 2.86 bits per heavy atom. The number of hydrogen-bond donors (Lipinski definition) is 1. The number of benzene rings is 1. The van der Waals surface area contributed by atoms with Crippen LogP contribution in [0.25, 0.3) is 0 Å². The van der Waals surface area contributed by atoms with Crippen molar-refractivity contribution in [2.75, 3.05) is 6.54 Å². The Bertz CT molecular complexity index is 588. The molecule has 2 rings (SSSR count). The first-order valence-corrected chi connectivity index (χ1v) is 9.08. The summed E-state index contributed by atoms with van der Waals surface area (Å²) >= 11 is 11.3. The Labute approximate surface area is 143 Å². The molecule has 0 bridgehead atoms. The van der Waals surface area contributed by atoms with Gasteiger partial charge >= 0.3 is 0 Å². The van der Waals surface area contributed by atoms with E-state index in [2.05, 4.69) is 50.7 Å². The Morgan fingerprint density at radius 1 is 1.38 bits per heavy atom. The van der Waals surface area contributed by atoms with Crippen molar-refractivity contribution in [2.45, 2.75) is 39.2 Å². The molecule has 0 fully saturated rings. The van der Waals surface area contributed by atoms with Crippen LogP contribution in [0.1, 0.15) is 42.4 Å². The van der Waals surface area contributed by atoms with Crippen molar-refractivity contribution < 1.29 is 0 Å². The van der Waals surface area contributed by atoms with Gasteiger partial charge in [0.25, 0.3) is 0 Å². The van der Waals surface area contributed by atoms with E-state index in [-0.39, 0.29) is 6.04 Å². The Kier molecular flexibility index (Phi) is 6.61. The van der Waals surface area contributed by atoms with Crippen LogP contribution in [0.4, 0.5) is 0 Å². The number of nitrogens with zero attached hydrogens (tertiary/aromatic N) is 2. The fourth-order valence-electron chi connectivity index (χ4n) is 2.21. The third-order valence-electron chi connectivity index (χ3n) is 3.32. The summed E-state index contributed by atoms with van der Waals surface area (Å²) < 4.78 is 5.11. The van der Waals surface area contributed by atoms with Crippen LogP contribution in [0, 0.1) is 0 Å². The van der Waals surface area contributed by atoms with Crippen LogP contribution in [0.3, 0.4) is 0 Å². The maximum atomic E-state index is 6.36. The van der Waals surface area contributed by atoms with Gasteiger partial charge in [-0.25, -0.2) is 0 Å². The molecule has 0 radical (unpaired) electrons. The topological polar surface area (TPSA) is 37.8 Å². The summed E-state index contributed by atoms with van der Waals surface area (Å²) in [7, 11) is 0. The first-order valence-electron chi connectivity index (χ1n) is 7.14. The highest BCUT2D eigenvalue weighted by atomic mass is 79.9. The molecular formula is C15H19BrClN3S. The molecule has 1 aromatic heterocycles. The van der Waals surface area contributed by atoms with E-state index in [1.54, 1.807) is 0 Å². The molecule has 0 spiro atoms. The van der Waals surface area contributed by atoms with Gasteiger partial charge in [-0.3, -0.25) is 0 Å².